The van der Waals surface area contributed by atoms with Crippen LogP contribution >= 0.6 is 46.4 Å². The first-order valence-corrected chi connectivity index (χ1v) is 8.29. The first-order chi connectivity index (χ1) is 10.4. The Bertz CT molecular complexity index is 640. The topological polar surface area (TPSA) is 38.0 Å². The van der Waals surface area contributed by atoms with Crippen LogP contribution in [-0.4, -0.2) is 6.54 Å². The number of benzene rings is 2. The Balaban J connectivity index is 2.04. The van der Waals surface area contributed by atoms with Gasteiger partial charge in [0.15, 0.2) is 0 Å². The summed E-state index contributed by atoms with van der Waals surface area (Å²) in [5.74, 6) is 0. The van der Waals surface area contributed by atoms with Gasteiger partial charge in [-0.3, -0.25) is 0 Å². The highest BCUT2D eigenvalue weighted by atomic mass is 35.5. The van der Waals surface area contributed by atoms with Gasteiger partial charge in [0.05, 0.1) is 10.0 Å². The molecule has 2 rings (SSSR count). The normalized spacial score (nSPS) is 13.9. The number of hydrogen-bond acceptors (Lipinski definition) is 2. The van der Waals surface area contributed by atoms with Gasteiger partial charge in [-0.2, -0.15) is 0 Å². The summed E-state index contributed by atoms with van der Waals surface area (Å²) in [4.78, 5) is 0. The number of halogens is 4. The lowest BCUT2D eigenvalue weighted by atomic mass is 10.1. The van der Waals surface area contributed by atoms with Crippen molar-refractivity contribution in [2.24, 2.45) is 5.73 Å². The molecule has 3 N–H and O–H groups in total. The molecule has 0 aliphatic carbocycles. The summed E-state index contributed by atoms with van der Waals surface area (Å²) >= 11 is 24.3. The molecule has 0 fully saturated rings. The summed E-state index contributed by atoms with van der Waals surface area (Å²) in [6.07, 6.45) is 0. The molecule has 22 heavy (non-hydrogen) atoms. The molecule has 0 heterocycles. The monoisotopic (exact) mass is 376 g/mol. The standard InChI is InChI=1S/C16H16Cl4N2/c1-9(10-5-6-11(17)14(20)7-10)22-8-15(21)16-12(18)3-2-4-13(16)19/h2-7,9,15,22H,8,21H2,1H3. The van der Waals surface area contributed by atoms with E-state index in [1.165, 1.54) is 0 Å². The van der Waals surface area contributed by atoms with Gasteiger partial charge in [-0.25, -0.2) is 0 Å². The molecule has 0 aliphatic heterocycles. The fourth-order valence-corrected chi connectivity index (χ4v) is 3.15. The average molecular weight is 378 g/mol. The average Bonchev–Trinajstić information content (AvgIpc) is 2.47. The van der Waals surface area contributed by atoms with Gasteiger partial charge in [0, 0.05) is 34.2 Å². The van der Waals surface area contributed by atoms with Crippen molar-refractivity contribution in [1.82, 2.24) is 5.32 Å². The maximum atomic E-state index is 6.20. The number of hydrogen-bond donors (Lipinski definition) is 2. The van der Waals surface area contributed by atoms with Crippen molar-refractivity contribution < 1.29 is 0 Å². The van der Waals surface area contributed by atoms with Crippen LogP contribution < -0.4 is 11.1 Å². The molecule has 0 radical (unpaired) electrons. The van der Waals surface area contributed by atoms with Crippen LogP contribution in [0.5, 0.6) is 0 Å². The van der Waals surface area contributed by atoms with Crippen LogP contribution in [0.1, 0.15) is 30.1 Å². The molecule has 118 valence electrons. The fourth-order valence-electron chi connectivity index (χ4n) is 2.17. The summed E-state index contributed by atoms with van der Waals surface area (Å²) in [6.45, 7) is 2.56. The second-order valence-corrected chi connectivity index (χ2v) is 6.67. The van der Waals surface area contributed by atoms with Crippen molar-refractivity contribution in [3.8, 4) is 0 Å². The lowest BCUT2D eigenvalue weighted by Crippen LogP contribution is -2.29. The third kappa shape index (κ3) is 4.29. The molecule has 0 saturated carbocycles. The van der Waals surface area contributed by atoms with Gasteiger partial charge in [0.2, 0.25) is 0 Å². The first kappa shape index (κ1) is 17.9. The minimum Gasteiger partial charge on any atom is -0.323 e. The van der Waals surface area contributed by atoms with Gasteiger partial charge in [0.1, 0.15) is 0 Å². The Labute approximate surface area is 150 Å². The van der Waals surface area contributed by atoms with Crippen molar-refractivity contribution in [2.45, 2.75) is 19.0 Å². The third-order valence-corrected chi connectivity index (χ3v) is 4.86. The van der Waals surface area contributed by atoms with Gasteiger partial charge in [0.25, 0.3) is 0 Å². The summed E-state index contributed by atoms with van der Waals surface area (Å²) < 4.78 is 0. The van der Waals surface area contributed by atoms with Crippen molar-refractivity contribution in [3.63, 3.8) is 0 Å². The fraction of sp³-hybridized carbons (Fsp3) is 0.250. The Morgan fingerprint density at radius 2 is 1.59 bits per heavy atom. The minimum absolute atomic E-state index is 0.0714. The summed E-state index contributed by atoms with van der Waals surface area (Å²) in [7, 11) is 0. The SMILES string of the molecule is CC(NCC(N)c1c(Cl)cccc1Cl)c1ccc(Cl)c(Cl)c1. The highest BCUT2D eigenvalue weighted by Crippen LogP contribution is 2.29. The molecule has 2 aromatic rings. The molecular weight excluding hydrogens is 362 g/mol. The maximum absolute atomic E-state index is 6.20. The van der Waals surface area contributed by atoms with E-state index in [0.29, 0.717) is 26.6 Å². The summed E-state index contributed by atoms with van der Waals surface area (Å²) in [5.41, 5.74) is 7.98. The van der Waals surface area contributed by atoms with Crippen LogP contribution in [0, 0.1) is 0 Å². The van der Waals surface area contributed by atoms with E-state index < -0.39 is 0 Å². The number of nitrogens with two attached hydrogens (primary N) is 1. The van der Waals surface area contributed by atoms with E-state index in [4.69, 9.17) is 52.1 Å². The predicted molar refractivity (Wildman–Crippen MR) is 96.3 cm³/mol. The molecule has 6 heteroatoms. The van der Waals surface area contributed by atoms with Crippen LogP contribution in [-0.2, 0) is 0 Å². The van der Waals surface area contributed by atoms with E-state index in [1.54, 1.807) is 24.3 Å². The third-order valence-electron chi connectivity index (χ3n) is 3.46. The highest BCUT2D eigenvalue weighted by molar-refractivity contribution is 6.42. The molecule has 0 saturated heterocycles. The van der Waals surface area contributed by atoms with E-state index in [0.717, 1.165) is 11.1 Å². The smallest absolute Gasteiger partial charge is 0.0595 e. The summed E-state index contributed by atoms with van der Waals surface area (Å²) in [5, 5.41) is 5.57. The molecule has 0 amide bonds. The van der Waals surface area contributed by atoms with Gasteiger partial charge in [-0.15, -0.1) is 0 Å². The quantitative estimate of drug-likeness (QED) is 0.706. The molecule has 0 aliphatic rings. The molecule has 2 unspecified atom stereocenters. The minimum atomic E-state index is -0.300. The lowest BCUT2D eigenvalue weighted by molar-refractivity contribution is 0.527. The zero-order chi connectivity index (χ0) is 16.3. The van der Waals surface area contributed by atoms with Crippen LogP contribution in [0.2, 0.25) is 20.1 Å². The number of nitrogens with one attached hydrogen (secondary N) is 1. The second-order valence-electron chi connectivity index (χ2n) is 5.05. The Kier molecular flexibility index (Phi) is 6.39. The molecule has 2 atom stereocenters. The van der Waals surface area contributed by atoms with Gasteiger partial charge >= 0.3 is 0 Å². The molecule has 0 spiro atoms. The van der Waals surface area contributed by atoms with Gasteiger partial charge in [-0.05, 0) is 36.8 Å². The zero-order valence-corrected chi connectivity index (χ0v) is 14.9. The molecule has 2 nitrogen and oxygen atoms in total. The van der Waals surface area contributed by atoms with E-state index in [-0.39, 0.29) is 12.1 Å². The largest absolute Gasteiger partial charge is 0.323 e. The highest BCUT2D eigenvalue weighted by Gasteiger charge is 2.15. The number of rotatable bonds is 5. The lowest BCUT2D eigenvalue weighted by Gasteiger charge is -2.20. The van der Waals surface area contributed by atoms with Crippen LogP contribution in [0.25, 0.3) is 0 Å². The van der Waals surface area contributed by atoms with Gasteiger partial charge < -0.3 is 11.1 Å². The van der Waals surface area contributed by atoms with E-state index in [9.17, 15) is 0 Å². The van der Waals surface area contributed by atoms with Crippen LogP contribution in [0.4, 0.5) is 0 Å². The Morgan fingerprint density at radius 3 is 2.18 bits per heavy atom. The predicted octanol–water partition coefficient (Wildman–Crippen LogP) is 5.65. The Hall–Kier alpha value is -0.480. The van der Waals surface area contributed by atoms with Gasteiger partial charge in [-0.1, -0.05) is 58.5 Å². The molecule has 0 aromatic heterocycles. The second kappa shape index (κ2) is 7.87. The molecular formula is C16H16Cl4N2. The zero-order valence-electron chi connectivity index (χ0n) is 11.9. The first-order valence-electron chi connectivity index (χ1n) is 6.78. The Morgan fingerprint density at radius 1 is 0.955 bits per heavy atom. The van der Waals surface area contributed by atoms with E-state index in [1.807, 2.05) is 19.1 Å². The van der Waals surface area contributed by atoms with Crippen molar-refractivity contribution in [1.29, 1.82) is 0 Å². The van der Waals surface area contributed by atoms with Crippen LogP contribution in [0.15, 0.2) is 36.4 Å². The van der Waals surface area contributed by atoms with E-state index in [2.05, 4.69) is 5.32 Å². The van der Waals surface area contributed by atoms with Crippen molar-refractivity contribution in [2.75, 3.05) is 6.54 Å². The molecule has 2 aromatic carbocycles. The summed E-state index contributed by atoms with van der Waals surface area (Å²) in [6, 6.07) is 10.7. The van der Waals surface area contributed by atoms with Crippen LogP contribution in [0.3, 0.4) is 0 Å². The molecule has 0 bridgehead atoms. The van der Waals surface area contributed by atoms with Crippen molar-refractivity contribution in [3.05, 3.63) is 67.6 Å². The maximum Gasteiger partial charge on any atom is 0.0595 e. The van der Waals surface area contributed by atoms with Crippen molar-refractivity contribution >= 4 is 46.4 Å². The van der Waals surface area contributed by atoms with E-state index >= 15 is 0 Å².